The number of hydrogen-bond donors (Lipinski definition) is 2. The lowest BCUT2D eigenvalue weighted by Crippen LogP contribution is -2.43. The number of fused-ring (bicyclic) bond motifs is 3. The number of rotatable bonds is 12. The Morgan fingerprint density at radius 3 is 2.24 bits per heavy atom. The number of ether oxygens (including phenoxy) is 2. The van der Waals surface area contributed by atoms with Gasteiger partial charge < -0.3 is 24.8 Å². The van der Waals surface area contributed by atoms with Crippen LogP contribution < -0.4 is 5.32 Å². The summed E-state index contributed by atoms with van der Waals surface area (Å²) in [6, 6.07) is 15.8. The summed E-state index contributed by atoms with van der Waals surface area (Å²) in [7, 11) is 1.49. The first-order valence-corrected chi connectivity index (χ1v) is 11.5. The van der Waals surface area contributed by atoms with Crippen LogP contribution in [0, 0.1) is 0 Å². The van der Waals surface area contributed by atoms with Crippen LogP contribution in [0.1, 0.15) is 43.2 Å². The molecule has 0 radical (unpaired) electrons. The van der Waals surface area contributed by atoms with Crippen LogP contribution >= 0.6 is 0 Å². The van der Waals surface area contributed by atoms with Gasteiger partial charge >= 0.3 is 12.1 Å². The van der Waals surface area contributed by atoms with Gasteiger partial charge in [0.15, 0.2) is 0 Å². The van der Waals surface area contributed by atoms with Crippen LogP contribution in [-0.4, -0.2) is 67.4 Å². The number of amides is 2. The molecule has 0 spiro atoms. The highest BCUT2D eigenvalue weighted by atomic mass is 16.5. The first-order valence-electron chi connectivity index (χ1n) is 11.5. The zero-order chi connectivity index (χ0) is 24.5. The third-order valence-electron chi connectivity index (χ3n) is 5.97. The molecule has 0 bridgehead atoms. The second kappa shape index (κ2) is 12.2. The highest BCUT2D eigenvalue weighted by Gasteiger charge is 2.29. The Kier molecular flexibility index (Phi) is 9.04. The number of nitrogens with one attached hydrogen (secondary N) is 1. The van der Waals surface area contributed by atoms with Crippen LogP contribution in [-0.2, 0) is 19.1 Å². The normalized spacial score (nSPS) is 13.0. The molecule has 2 N–H and O–H groups in total. The molecule has 2 aromatic rings. The molecule has 1 aliphatic carbocycles. The van der Waals surface area contributed by atoms with Gasteiger partial charge in [-0.05, 0) is 28.7 Å². The molecule has 8 nitrogen and oxygen atoms in total. The summed E-state index contributed by atoms with van der Waals surface area (Å²) in [5.74, 6) is -1.50. The van der Waals surface area contributed by atoms with Crippen LogP contribution in [0.3, 0.4) is 0 Å². The van der Waals surface area contributed by atoms with E-state index in [0.29, 0.717) is 6.42 Å². The van der Waals surface area contributed by atoms with E-state index in [0.717, 1.165) is 28.7 Å². The van der Waals surface area contributed by atoms with E-state index in [1.54, 1.807) is 0 Å². The summed E-state index contributed by atoms with van der Waals surface area (Å²) in [4.78, 5) is 37.7. The van der Waals surface area contributed by atoms with Crippen molar-refractivity contribution in [2.24, 2.45) is 0 Å². The summed E-state index contributed by atoms with van der Waals surface area (Å²) in [5, 5.41) is 11.9. The fourth-order valence-electron chi connectivity index (χ4n) is 4.38. The fraction of sp³-hybridized carbons (Fsp3) is 0.423. The molecule has 0 heterocycles. The van der Waals surface area contributed by atoms with Crippen molar-refractivity contribution >= 4 is 18.0 Å². The zero-order valence-corrected chi connectivity index (χ0v) is 19.7. The molecule has 8 heteroatoms. The minimum Gasteiger partial charge on any atom is -0.480 e. The largest absolute Gasteiger partial charge is 0.480 e. The minimum atomic E-state index is -1.10. The van der Waals surface area contributed by atoms with Gasteiger partial charge in [-0.25, -0.2) is 4.79 Å². The fourth-order valence-corrected chi connectivity index (χ4v) is 4.38. The number of carbonyl (C=O) groups excluding carboxylic acids is 2. The molecule has 2 aromatic carbocycles. The molecule has 34 heavy (non-hydrogen) atoms. The molecule has 0 aliphatic heterocycles. The van der Waals surface area contributed by atoms with Crippen molar-refractivity contribution in [2.75, 3.05) is 33.4 Å². The van der Waals surface area contributed by atoms with E-state index in [2.05, 4.69) is 29.6 Å². The Bertz CT molecular complexity index is 963. The van der Waals surface area contributed by atoms with Gasteiger partial charge in [-0.2, -0.15) is 0 Å². The van der Waals surface area contributed by atoms with Crippen LogP contribution in [0.2, 0.25) is 0 Å². The van der Waals surface area contributed by atoms with Crippen molar-refractivity contribution in [1.29, 1.82) is 0 Å². The monoisotopic (exact) mass is 468 g/mol. The van der Waals surface area contributed by atoms with Crippen LogP contribution in [0.5, 0.6) is 0 Å². The van der Waals surface area contributed by atoms with Crippen LogP contribution in [0.4, 0.5) is 4.79 Å². The van der Waals surface area contributed by atoms with Crippen molar-refractivity contribution < 1.29 is 29.0 Å². The number of carboxylic acids is 1. The van der Waals surface area contributed by atoms with Gasteiger partial charge in [0.1, 0.15) is 13.2 Å². The second-order valence-corrected chi connectivity index (χ2v) is 8.36. The Morgan fingerprint density at radius 2 is 1.68 bits per heavy atom. The summed E-state index contributed by atoms with van der Waals surface area (Å²) < 4.78 is 10.6. The lowest BCUT2D eigenvalue weighted by atomic mass is 9.98. The Balaban J connectivity index is 1.61. The average Bonchev–Trinajstić information content (AvgIpc) is 3.14. The number of carboxylic acid groups (broad SMARTS) is 1. The third kappa shape index (κ3) is 6.35. The van der Waals surface area contributed by atoms with Gasteiger partial charge in [-0.1, -0.05) is 61.9 Å². The molecule has 1 aliphatic rings. The first-order chi connectivity index (χ1) is 16.4. The summed E-state index contributed by atoms with van der Waals surface area (Å²) in [5.41, 5.74) is 4.55. The van der Waals surface area contributed by atoms with Crippen molar-refractivity contribution in [3.63, 3.8) is 0 Å². The summed E-state index contributed by atoms with van der Waals surface area (Å²) in [6.07, 6.45) is 0.726. The van der Waals surface area contributed by atoms with Crippen molar-refractivity contribution in [1.82, 2.24) is 10.2 Å². The van der Waals surface area contributed by atoms with Gasteiger partial charge in [-0.15, -0.1) is 0 Å². The van der Waals surface area contributed by atoms with Gasteiger partial charge in [0, 0.05) is 32.0 Å². The Labute approximate surface area is 199 Å². The Hall–Kier alpha value is -3.39. The third-order valence-corrected chi connectivity index (χ3v) is 5.97. The van der Waals surface area contributed by atoms with E-state index in [9.17, 15) is 14.4 Å². The zero-order valence-electron chi connectivity index (χ0n) is 19.7. The molecule has 0 saturated heterocycles. The first kappa shape index (κ1) is 25.2. The number of methoxy groups -OCH3 is 1. The summed E-state index contributed by atoms with van der Waals surface area (Å²) >= 11 is 0. The maximum atomic E-state index is 12.7. The lowest BCUT2D eigenvalue weighted by molar-refractivity contribution is -0.145. The lowest BCUT2D eigenvalue weighted by Gasteiger charge is -2.24. The predicted octanol–water partition coefficient (Wildman–Crippen LogP) is 3.64. The van der Waals surface area contributed by atoms with Gasteiger partial charge in [0.05, 0.1) is 6.61 Å². The molecule has 2 amide bonds. The molecular weight excluding hydrogens is 436 g/mol. The second-order valence-electron chi connectivity index (χ2n) is 8.36. The van der Waals surface area contributed by atoms with E-state index in [1.807, 2.05) is 31.2 Å². The van der Waals surface area contributed by atoms with E-state index < -0.39 is 24.6 Å². The number of carbonyl (C=O) groups is 3. The molecule has 0 fully saturated rings. The molecule has 1 atom stereocenters. The molecule has 3 rings (SSSR count). The van der Waals surface area contributed by atoms with Gasteiger partial charge in [0.25, 0.3) is 0 Å². The van der Waals surface area contributed by atoms with E-state index in [1.165, 1.54) is 12.0 Å². The van der Waals surface area contributed by atoms with Crippen molar-refractivity contribution in [3.05, 3.63) is 59.7 Å². The number of benzene rings is 2. The quantitative estimate of drug-likeness (QED) is 0.493. The number of hydrogen-bond acceptors (Lipinski definition) is 5. The smallest absolute Gasteiger partial charge is 0.407 e. The molecule has 0 aromatic heterocycles. The van der Waals surface area contributed by atoms with E-state index in [-0.39, 0.29) is 38.0 Å². The maximum absolute atomic E-state index is 12.7. The topological polar surface area (TPSA) is 105 Å². The Morgan fingerprint density at radius 1 is 1.06 bits per heavy atom. The number of aliphatic carboxylic acids is 1. The predicted molar refractivity (Wildman–Crippen MR) is 128 cm³/mol. The standard InChI is InChI=1S/C26H32N2O6/c1-3-8-18(15-24(29)28(13-14-33-2)16-25(30)31)27-26(32)34-17-23-21-11-6-4-9-19(21)20-10-5-7-12-22(20)23/h4-7,9-12,18,23H,3,8,13-17H2,1-2H3,(H,27,32)(H,30,31)/t18-/m1/s1. The molecule has 0 saturated carbocycles. The SMILES string of the molecule is CCC[C@H](CC(=O)N(CCOC)CC(=O)O)NC(=O)OCC1c2ccccc2-c2ccccc21. The highest BCUT2D eigenvalue weighted by molar-refractivity contribution is 5.82. The summed E-state index contributed by atoms with van der Waals surface area (Å²) in [6.45, 7) is 2.14. The van der Waals surface area contributed by atoms with Gasteiger partial charge in [-0.3, -0.25) is 9.59 Å². The average molecular weight is 469 g/mol. The van der Waals surface area contributed by atoms with E-state index in [4.69, 9.17) is 14.6 Å². The molecule has 0 unspecified atom stereocenters. The number of nitrogens with zero attached hydrogens (tertiary/aromatic N) is 1. The maximum Gasteiger partial charge on any atom is 0.407 e. The van der Waals surface area contributed by atoms with Crippen LogP contribution in [0.15, 0.2) is 48.5 Å². The minimum absolute atomic E-state index is 0.00493. The molecular formula is C26H32N2O6. The number of alkyl carbamates (subject to hydrolysis) is 1. The van der Waals surface area contributed by atoms with Gasteiger partial charge in [0.2, 0.25) is 5.91 Å². The molecule has 182 valence electrons. The highest BCUT2D eigenvalue weighted by Crippen LogP contribution is 2.44. The van der Waals surface area contributed by atoms with Crippen LogP contribution in [0.25, 0.3) is 11.1 Å². The van der Waals surface area contributed by atoms with E-state index >= 15 is 0 Å². The van der Waals surface area contributed by atoms with Crippen molar-refractivity contribution in [2.45, 2.75) is 38.1 Å². The van der Waals surface area contributed by atoms with Crippen molar-refractivity contribution in [3.8, 4) is 11.1 Å².